The third kappa shape index (κ3) is 8.59. The first-order chi connectivity index (χ1) is 14.5. The van der Waals surface area contributed by atoms with Crippen molar-refractivity contribution >= 4 is 0 Å². The van der Waals surface area contributed by atoms with E-state index in [0.29, 0.717) is 12.4 Å². The molecule has 30 heavy (non-hydrogen) atoms. The number of unbranched alkanes of at least 4 members (excludes halogenated alkanes) is 7. The molecule has 0 unspecified atom stereocenters. The molecule has 0 N–H and O–H groups in total. The summed E-state index contributed by atoms with van der Waals surface area (Å²) in [6.45, 7) is 10.1. The zero-order valence-corrected chi connectivity index (χ0v) is 20.5. The molecule has 0 aliphatic carbocycles. The second kappa shape index (κ2) is 15.2. The lowest BCUT2D eigenvalue weighted by Gasteiger charge is -2.22. The van der Waals surface area contributed by atoms with Gasteiger partial charge in [0.1, 0.15) is 0 Å². The second-order valence-corrected chi connectivity index (χ2v) is 8.28. The number of benzene rings is 1. The Morgan fingerprint density at radius 1 is 0.667 bits per heavy atom. The van der Waals surface area contributed by atoms with Gasteiger partial charge in [-0.2, -0.15) is 0 Å². The molecule has 0 aliphatic heterocycles. The summed E-state index contributed by atoms with van der Waals surface area (Å²) in [6, 6.07) is 0. The standard InChI is InChI=1S/C26H44O4/c1-20(2)16-17-23-21(3)22(4)24(28-6)26(29-7)25(23)30-19-15-13-11-9-8-10-12-14-18-27-5/h16H,8-15,17-19H2,1-7H3. The number of ether oxygens (including phenoxy) is 4. The molecule has 1 aromatic carbocycles. The Balaban J connectivity index is 2.65. The molecule has 4 nitrogen and oxygen atoms in total. The van der Waals surface area contributed by atoms with E-state index in [1.54, 1.807) is 21.3 Å². The summed E-state index contributed by atoms with van der Waals surface area (Å²) in [7, 11) is 5.16. The Hall–Kier alpha value is -1.68. The van der Waals surface area contributed by atoms with Crippen molar-refractivity contribution in [2.24, 2.45) is 0 Å². The van der Waals surface area contributed by atoms with E-state index >= 15 is 0 Å². The van der Waals surface area contributed by atoms with E-state index < -0.39 is 0 Å². The van der Waals surface area contributed by atoms with Crippen LogP contribution in [-0.2, 0) is 11.2 Å². The van der Waals surface area contributed by atoms with Gasteiger partial charge in [-0.1, -0.05) is 50.2 Å². The Morgan fingerprint density at radius 2 is 1.20 bits per heavy atom. The van der Waals surface area contributed by atoms with Gasteiger partial charge in [-0.25, -0.2) is 0 Å². The van der Waals surface area contributed by atoms with Crippen molar-refractivity contribution in [2.45, 2.75) is 85.5 Å². The summed E-state index contributed by atoms with van der Waals surface area (Å²) in [5.41, 5.74) is 4.83. The van der Waals surface area contributed by atoms with Crippen LogP contribution < -0.4 is 14.2 Å². The van der Waals surface area contributed by atoms with E-state index in [2.05, 4.69) is 33.8 Å². The first-order valence-corrected chi connectivity index (χ1v) is 11.5. The van der Waals surface area contributed by atoms with Crippen LogP contribution in [0.25, 0.3) is 0 Å². The molecule has 0 bridgehead atoms. The van der Waals surface area contributed by atoms with Crippen LogP contribution in [0, 0.1) is 13.8 Å². The fourth-order valence-electron chi connectivity index (χ4n) is 3.70. The van der Waals surface area contributed by atoms with Gasteiger partial charge in [-0.3, -0.25) is 0 Å². The second-order valence-electron chi connectivity index (χ2n) is 8.28. The molecule has 1 aromatic rings. The van der Waals surface area contributed by atoms with Gasteiger partial charge < -0.3 is 18.9 Å². The summed E-state index contributed by atoms with van der Waals surface area (Å²) in [4.78, 5) is 0. The van der Waals surface area contributed by atoms with Gasteiger partial charge in [0.25, 0.3) is 0 Å². The van der Waals surface area contributed by atoms with Crippen molar-refractivity contribution in [1.82, 2.24) is 0 Å². The highest BCUT2D eigenvalue weighted by Gasteiger charge is 2.22. The van der Waals surface area contributed by atoms with Crippen molar-refractivity contribution in [2.75, 3.05) is 34.5 Å². The lowest BCUT2D eigenvalue weighted by Crippen LogP contribution is -2.07. The SMILES string of the molecule is COCCCCCCCCCCOc1c(CC=C(C)C)c(C)c(C)c(OC)c1OC. The van der Waals surface area contributed by atoms with E-state index in [1.807, 2.05) is 0 Å². The van der Waals surface area contributed by atoms with Gasteiger partial charge >= 0.3 is 0 Å². The van der Waals surface area contributed by atoms with Gasteiger partial charge in [0.15, 0.2) is 11.5 Å². The summed E-state index contributed by atoms with van der Waals surface area (Å²) < 4.78 is 22.8. The largest absolute Gasteiger partial charge is 0.492 e. The summed E-state index contributed by atoms with van der Waals surface area (Å²) in [5.74, 6) is 2.33. The van der Waals surface area contributed by atoms with Crippen LogP contribution in [0.15, 0.2) is 11.6 Å². The van der Waals surface area contributed by atoms with Gasteiger partial charge in [-0.15, -0.1) is 0 Å². The van der Waals surface area contributed by atoms with E-state index in [0.717, 1.165) is 36.5 Å². The summed E-state index contributed by atoms with van der Waals surface area (Å²) in [6.07, 6.45) is 13.0. The minimum Gasteiger partial charge on any atom is -0.492 e. The third-order valence-corrected chi connectivity index (χ3v) is 5.65. The summed E-state index contributed by atoms with van der Waals surface area (Å²) in [5, 5.41) is 0. The van der Waals surface area contributed by atoms with E-state index in [1.165, 1.54) is 61.6 Å². The fourth-order valence-corrected chi connectivity index (χ4v) is 3.70. The Bertz CT molecular complexity index is 645. The van der Waals surface area contributed by atoms with Gasteiger partial charge in [0.2, 0.25) is 5.75 Å². The quantitative estimate of drug-likeness (QED) is 0.214. The lowest BCUT2D eigenvalue weighted by molar-refractivity contribution is 0.192. The predicted octanol–water partition coefficient (Wildman–Crippen LogP) is 6.98. The van der Waals surface area contributed by atoms with Gasteiger partial charge in [-0.05, 0) is 58.1 Å². The summed E-state index contributed by atoms with van der Waals surface area (Å²) >= 11 is 0. The number of allylic oxidation sites excluding steroid dienone is 2. The molecule has 0 aromatic heterocycles. The molecule has 0 atom stereocenters. The Labute approximate surface area is 184 Å². The minimum atomic E-state index is 0.706. The molecule has 0 radical (unpaired) electrons. The highest BCUT2D eigenvalue weighted by Crippen LogP contribution is 2.45. The van der Waals surface area contributed by atoms with E-state index in [9.17, 15) is 0 Å². The van der Waals surface area contributed by atoms with Crippen molar-refractivity contribution in [3.8, 4) is 17.2 Å². The molecule has 0 heterocycles. The van der Waals surface area contributed by atoms with Crippen molar-refractivity contribution in [3.63, 3.8) is 0 Å². The molecular formula is C26H44O4. The third-order valence-electron chi connectivity index (χ3n) is 5.65. The molecule has 0 amide bonds. The minimum absolute atomic E-state index is 0.706. The van der Waals surface area contributed by atoms with Gasteiger partial charge in [0, 0.05) is 19.3 Å². The smallest absolute Gasteiger partial charge is 0.203 e. The first kappa shape index (κ1) is 26.4. The monoisotopic (exact) mass is 420 g/mol. The maximum Gasteiger partial charge on any atom is 0.203 e. The predicted molar refractivity (Wildman–Crippen MR) is 126 cm³/mol. The van der Waals surface area contributed by atoms with Crippen LogP contribution in [-0.4, -0.2) is 34.5 Å². The van der Waals surface area contributed by atoms with Crippen molar-refractivity contribution < 1.29 is 18.9 Å². The molecule has 172 valence electrons. The fraction of sp³-hybridized carbons (Fsp3) is 0.692. The zero-order chi connectivity index (χ0) is 22.4. The highest BCUT2D eigenvalue weighted by molar-refractivity contribution is 5.63. The topological polar surface area (TPSA) is 36.9 Å². The molecule has 0 fully saturated rings. The van der Waals surface area contributed by atoms with Gasteiger partial charge in [0.05, 0.1) is 20.8 Å². The van der Waals surface area contributed by atoms with Crippen molar-refractivity contribution in [1.29, 1.82) is 0 Å². The maximum atomic E-state index is 6.29. The maximum absolute atomic E-state index is 6.29. The van der Waals surface area contributed by atoms with Crippen molar-refractivity contribution in [3.05, 3.63) is 28.3 Å². The molecule has 0 saturated heterocycles. The van der Waals surface area contributed by atoms with Crippen LogP contribution in [0.1, 0.15) is 81.9 Å². The van der Waals surface area contributed by atoms with Crippen LogP contribution in [0.5, 0.6) is 17.2 Å². The molecule has 0 saturated carbocycles. The number of methoxy groups -OCH3 is 3. The van der Waals surface area contributed by atoms with Crippen LogP contribution in [0.3, 0.4) is 0 Å². The molecule has 1 rings (SSSR count). The Kier molecular flexibility index (Phi) is 13.3. The number of hydrogen-bond donors (Lipinski definition) is 0. The molecular weight excluding hydrogens is 376 g/mol. The molecule has 4 heteroatoms. The van der Waals surface area contributed by atoms with Crippen LogP contribution >= 0.6 is 0 Å². The molecule has 0 spiro atoms. The number of rotatable bonds is 16. The lowest BCUT2D eigenvalue weighted by atomic mass is 9.97. The molecule has 0 aliphatic rings. The van der Waals surface area contributed by atoms with Crippen LogP contribution in [0.2, 0.25) is 0 Å². The average molecular weight is 421 g/mol. The van der Waals surface area contributed by atoms with E-state index in [4.69, 9.17) is 18.9 Å². The normalized spacial score (nSPS) is 10.8. The van der Waals surface area contributed by atoms with Crippen LogP contribution in [0.4, 0.5) is 0 Å². The number of hydrogen-bond acceptors (Lipinski definition) is 4. The first-order valence-electron chi connectivity index (χ1n) is 11.5. The Morgan fingerprint density at radius 3 is 1.70 bits per heavy atom. The highest BCUT2D eigenvalue weighted by atomic mass is 16.5. The zero-order valence-electron chi connectivity index (χ0n) is 20.5. The average Bonchev–Trinajstić information content (AvgIpc) is 2.73. The van der Waals surface area contributed by atoms with E-state index in [-0.39, 0.29) is 0 Å².